The summed E-state index contributed by atoms with van der Waals surface area (Å²) < 4.78 is 11.4. The molecule has 2 aromatic heterocycles. The Morgan fingerprint density at radius 2 is 2.14 bits per heavy atom. The van der Waals surface area contributed by atoms with Crippen LogP contribution in [0.1, 0.15) is 11.6 Å². The molecule has 0 aliphatic rings. The Morgan fingerprint density at radius 1 is 1.29 bits per heavy atom. The number of benzene rings is 1. The summed E-state index contributed by atoms with van der Waals surface area (Å²) in [6.45, 7) is 1.27. The van der Waals surface area contributed by atoms with Gasteiger partial charge in [-0.3, -0.25) is 0 Å². The molecule has 0 atom stereocenters. The number of nitrogens with zero attached hydrogens (tertiary/aromatic N) is 4. The number of para-hydroxylation sites is 2. The molecule has 21 heavy (non-hydrogen) atoms. The molecular formula is C14H17N5OS. The highest BCUT2D eigenvalue weighted by Gasteiger charge is 2.08. The second-order valence-electron chi connectivity index (χ2n) is 4.69. The molecule has 6 nitrogen and oxygen atoms in total. The molecule has 3 aromatic rings. The largest absolute Gasteiger partial charge is 0.384 e. The molecule has 0 aliphatic carbocycles. The van der Waals surface area contributed by atoms with Gasteiger partial charge in [-0.25, -0.2) is 9.97 Å². The van der Waals surface area contributed by atoms with Gasteiger partial charge in [0, 0.05) is 32.1 Å². The number of ether oxygens (including phenoxy) is 1. The van der Waals surface area contributed by atoms with Crippen LogP contribution >= 0.6 is 11.5 Å². The number of nitrogens with one attached hydrogen (secondary N) is 1. The van der Waals surface area contributed by atoms with Gasteiger partial charge in [0.2, 0.25) is 5.13 Å². The number of hydrogen-bond donors (Lipinski definition) is 1. The molecule has 110 valence electrons. The fraction of sp³-hybridized carbons (Fsp3) is 0.357. The first kappa shape index (κ1) is 14.0. The molecule has 0 radical (unpaired) electrons. The monoisotopic (exact) mass is 303 g/mol. The molecule has 7 heteroatoms. The fourth-order valence-corrected chi connectivity index (χ4v) is 2.74. The molecule has 1 aromatic carbocycles. The lowest BCUT2D eigenvalue weighted by atomic mass is 10.3. The van der Waals surface area contributed by atoms with Crippen molar-refractivity contribution in [2.24, 2.45) is 7.05 Å². The van der Waals surface area contributed by atoms with E-state index >= 15 is 0 Å². The van der Waals surface area contributed by atoms with Gasteiger partial charge in [0.15, 0.2) is 0 Å². The molecule has 0 spiro atoms. The van der Waals surface area contributed by atoms with Crippen molar-refractivity contribution in [3.63, 3.8) is 0 Å². The first-order valence-corrected chi connectivity index (χ1v) is 7.51. The normalized spacial score (nSPS) is 11.1. The van der Waals surface area contributed by atoms with E-state index < -0.39 is 0 Å². The van der Waals surface area contributed by atoms with Crippen LogP contribution in [0.15, 0.2) is 24.3 Å². The number of anilines is 1. The first-order chi connectivity index (χ1) is 10.3. The van der Waals surface area contributed by atoms with E-state index in [0.717, 1.165) is 34.2 Å². The van der Waals surface area contributed by atoms with Gasteiger partial charge in [0.05, 0.1) is 24.2 Å². The molecule has 3 rings (SSSR count). The summed E-state index contributed by atoms with van der Waals surface area (Å²) in [4.78, 5) is 9.05. The molecular weight excluding hydrogens is 286 g/mol. The fourth-order valence-electron chi connectivity index (χ4n) is 2.13. The van der Waals surface area contributed by atoms with Crippen molar-refractivity contribution in [1.29, 1.82) is 0 Å². The average Bonchev–Trinajstić information content (AvgIpc) is 3.08. The summed E-state index contributed by atoms with van der Waals surface area (Å²) in [5, 5.41) is 4.09. The van der Waals surface area contributed by atoms with Crippen LogP contribution in [0.3, 0.4) is 0 Å². The second-order valence-corrected chi connectivity index (χ2v) is 5.44. The molecule has 1 N–H and O–H groups in total. The van der Waals surface area contributed by atoms with Crippen LogP contribution in [0.5, 0.6) is 0 Å². The predicted octanol–water partition coefficient (Wildman–Crippen LogP) is 2.23. The van der Waals surface area contributed by atoms with E-state index in [1.165, 1.54) is 11.5 Å². The summed E-state index contributed by atoms with van der Waals surface area (Å²) in [6.07, 6.45) is 0.737. The third-order valence-corrected chi connectivity index (χ3v) is 3.99. The van der Waals surface area contributed by atoms with Crippen molar-refractivity contribution < 1.29 is 4.74 Å². The Hall–Kier alpha value is -1.99. The Bertz CT molecular complexity index is 736. The maximum absolute atomic E-state index is 5.02. The van der Waals surface area contributed by atoms with Gasteiger partial charge < -0.3 is 14.6 Å². The number of hydrogen-bond acceptors (Lipinski definition) is 6. The Balaban J connectivity index is 1.68. The van der Waals surface area contributed by atoms with Crippen molar-refractivity contribution >= 4 is 27.7 Å². The molecule has 0 saturated heterocycles. The van der Waals surface area contributed by atoms with Crippen LogP contribution in [0.2, 0.25) is 0 Å². The maximum Gasteiger partial charge on any atom is 0.202 e. The first-order valence-electron chi connectivity index (χ1n) is 6.73. The minimum absolute atomic E-state index is 0.629. The van der Waals surface area contributed by atoms with Gasteiger partial charge in [-0.05, 0) is 12.1 Å². The van der Waals surface area contributed by atoms with Crippen LogP contribution in [-0.4, -0.2) is 32.6 Å². The molecule has 0 bridgehead atoms. The van der Waals surface area contributed by atoms with Crippen LogP contribution in [0.4, 0.5) is 5.13 Å². The average molecular weight is 303 g/mol. The molecule has 0 amide bonds. The summed E-state index contributed by atoms with van der Waals surface area (Å²) in [7, 11) is 3.70. The summed E-state index contributed by atoms with van der Waals surface area (Å²) in [5.41, 5.74) is 2.14. The van der Waals surface area contributed by atoms with Crippen molar-refractivity contribution in [2.45, 2.75) is 13.0 Å². The predicted molar refractivity (Wildman–Crippen MR) is 83.5 cm³/mol. The summed E-state index contributed by atoms with van der Waals surface area (Å²) >= 11 is 1.37. The number of rotatable bonds is 6. The highest BCUT2D eigenvalue weighted by Crippen LogP contribution is 2.16. The maximum atomic E-state index is 5.02. The zero-order valence-electron chi connectivity index (χ0n) is 12.0. The zero-order valence-corrected chi connectivity index (χ0v) is 12.9. The number of imidazole rings is 1. The van der Waals surface area contributed by atoms with E-state index in [0.29, 0.717) is 13.2 Å². The third-order valence-electron chi connectivity index (χ3n) is 3.28. The molecule has 0 unspecified atom stereocenters. The summed E-state index contributed by atoms with van der Waals surface area (Å²) in [5.74, 6) is 1.79. The molecule has 0 saturated carbocycles. The van der Waals surface area contributed by atoms with E-state index in [1.807, 2.05) is 25.2 Å². The summed E-state index contributed by atoms with van der Waals surface area (Å²) in [6, 6.07) is 8.11. The third kappa shape index (κ3) is 3.03. The number of aryl methyl sites for hydroxylation is 1. The number of methoxy groups -OCH3 is 1. The zero-order chi connectivity index (χ0) is 14.7. The van der Waals surface area contributed by atoms with Crippen LogP contribution in [0.25, 0.3) is 11.0 Å². The number of fused-ring (bicyclic) bond motifs is 1. The van der Waals surface area contributed by atoms with Crippen LogP contribution < -0.4 is 5.32 Å². The quantitative estimate of drug-likeness (QED) is 0.756. The Kier molecular flexibility index (Phi) is 4.12. The standard InChI is InChI=1S/C14H17N5OS/c1-19-11-6-4-3-5-10(11)16-13(19)9-15-14-17-12(18-21-14)7-8-20-2/h3-6H,7-9H2,1-2H3,(H,15,17,18). The van der Waals surface area contributed by atoms with Crippen molar-refractivity contribution in [3.05, 3.63) is 35.9 Å². The van der Waals surface area contributed by atoms with E-state index in [9.17, 15) is 0 Å². The minimum atomic E-state index is 0.629. The molecule has 0 aliphatic heterocycles. The highest BCUT2D eigenvalue weighted by atomic mass is 32.1. The Labute approximate surface area is 127 Å². The van der Waals surface area contributed by atoms with Crippen molar-refractivity contribution in [2.75, 3.05) is 19.0 Å². The van der Waals surface area contributed by atoms with Gasteiger partial charge in [-0.2, -0.15) is 4.37 Å². The van der Waals surface area contributed by atoms with Crippen molar-refractivity contribution in [3.8, 4) is 0 Å². The lowest BCUT2D eigenvalue weighted by Gasteiger charge is -2.02. The molecule has 2 heterocycles. The SMILES string of the molecule is COCCc1nsc(NCc2nc3ccccc3n2C)n1. The smallest absolute Gasteiger partial charge is 0.202 e. The van der Waals surface area contributed by atoms with Gasteiger partial charge >= 0.3 is 0 Å². The molecule has 0 fully saturated rings. The lowest BCUT2D eigenvalue weighted by molar-refractivity contribution is 0.201. The van der Waals surface area contributed by atoms with E-state index in [1.54, 1.807) is 7.11 Å². The van der Waals surface area contributed by atoms with Crippen molar-refractivity contribution in [1.82, 2.24) is 18.9 Å². The minimum Gasteiger partial charge on any atom is -0.384 e. The van der Waals surface area contributed by atoms with Crippen LogP contribution in [-0.2, 0) is 24.8 Å². The van der Waals surface area contributed by atoms with Gasteiger partial charge in [-0.1, -0.05) is 12.1 Å². The highest BCUT2D eigenvalue weighted by molar-refractivity contribution is 7.09. The van der Waals surface area contributed by atoms with E-state index in [2.05, 4.69) is 30.3 Å². The van der Waals surface area contributed by atoms with Gasteiger partial charge in [0.25, 0.3) is 0 Å². The number of aromatic nitrogens is 4. The topological polar surface area (TPSA) is 64.9 Å². The second kappa shape index (κ2) is 6.19. The lowest BCUT2D eigenvalue weighted by Crippen LogP contribution is -2.06. The van der Waals surface area contributed by atoms with Gasteiger partial charge in [0.1, 0.15) is 11.6 Å². The van der Waals surface area contributed by atoms with Gasteiger partial charge in [-0.15, -0.1) is 0 Å². The van der Waals surface area contributed by atoms with Crippen LogP contribution in [0, 0.1) is 0 Å². The van der Waals surface area contributed by atoms with E-state index in [-0.39, 0.29) is 0 Å². The Morgan fingerprint density at radius 3 is 2.95 bits per heavy atom. The van der Waals surface area contributed by atoms with E-state index in [4.69, 9.17) is 4.74 Å².